The van der Waals surface area contributed by atoms with Crippen LogP contribution in [-0.4, -0.2) is 84.9 Å². The zero-order valence-electron chi connectivity index (χ0n) is 28.5. The molecule has 0 aliphatic carbocycles. The Labute approximate surface area is 297 Å². The number of carbonyl (C=O) groups excluding carboxylic acids is 2. The molecule has 2 saturated heterocycles. The second kappa shape index (κ2) is 14.6. The number of aromatic nitrogens is 3. The second-order valence-electron chi connectivity index (χ2n) is 13.5. The van der Waals surface area contributed by atoms with Crippen LogP contribution in [0.3, 0.4) is 0 Å². The Morgan fingerprint density at radius 3 is 2.58 bits per heavy atom. The number of benzene rings is 3. The van der Waals surface area contributed by atoms with Gasteiger partial charge in [-0.25, -0.2) is 27.7 Å². The van der Waals surface area contributed by atoms with Crippen molar-refractivity contribution < 1.29 is 37.4 Å². The molecule has 2 aliphatic heterocycles. The quantitative estimate of drug-likeness (QED) is 0.146. The van der Waals surface area contributed by atoms with E-state index in [2.05, 4.69) is 10.3 Å². The van der Waals surface area contributed by atoms with Crippen LogP contribution in [0.1, 0.15) is 43.7 Å². The number of hydrogen-bond donors (Lipinski definition) is 3. The number of aromatic amines is 1. The number of alkyl carbamates (subject to hydrolysis) is 1. The first-order chi connectivity index (χ1) is 25.1. The number of ether oxygens (including phenoxy) is 1. The van der Waals surface area contributed by atoms with Gasteiger partial charge in [0.2, 0.25) is 5.91 Å². The van der Waals surface area contributed by atoms with E-state index >= 15 is 0 Å². The Morgan fingerprint density at radius 1 is 1.04 bits per heavy atom. The highest BCUT2D eigenvalue weighted by molar-refractivity contribution is 5.92. The highest BCUT2D eigenvalue weighted by Crippen LogP contribution is 2.37. The fraction of sp³-hybridized carbons (Fsp3) is 0.368. The van der Waals surface area contributed by atoms with Crippen LogP contribution in [0.15, 0.2) is 66.7 Å². The number of likely N-dealkylation sites (tertiary alicyclic amines) is 2. The number of alkyl halides is 1. The monoisotopic (exact) mass is 716 g/mol. The van der Waals surface area contributed by atoms with E-state index in [-0.39, 0.29) is 38.1 Å². The Bertz CT molecular complexity index is 2120. The minimum absolute atomic E-state index is 0.0110. The summed E-state index contributed by atoms with van der Waals surface area (Å²) in [6, 6.07) is 15.9. The van der Waals surface area contributed by atoms with Gasteiger partial charge in [-0.2, -0.15) is 0 Å². The zero-order valence-corrected chi connectivity index (χ0v) is 28.5. The van der Waals surface area contributed by atoms with Crippen molar-refractivity contribution in [2.45, 2.75) is 76.5 Å². The third-order valence-corrected chi connectivity index (χ3v) is 10.1. The second-order valence-corrected chi connectivity index (χ2v) is 13.5. The lowest BCUT2D eigenvalue weighted by molar-refractivity contribution is -0.134. The van der Waals surface area contributed by atoms with E-state index in [4.69, 9.17) is 9.72 Å². The number of nitrogens with zero attached hydrogens (tertiary/aromatic N) is 4. The van der Waals surface area contributed by atoms with Gasteiger partial charge in [0.25, 0.3) is 0 Å². The summed E-state index contributed by atoms with van der Waals surface area (Å²) in [6.45, 7) is 2.14. The van der Waals surface area contributed by atoms with Gasteiger partial charge in [-0.05, 0) is 67.1 Å². The van der Waals surface area contributed by atoms with E-state index in [1.165, 1.54) is 24.3 Å². The third kappa shape index (κ3) is 7.01. The molecule has 14 heteroatoms. The lowest BCUT2D eigenvalue weighted by Gasteiger charge is -2.29. The minimum atomic E-state index is -1.33. The van der Waals surface area contributed by atoms with Crippen molar-refractivity contribution >= 4 is 40.0 Å². The fourth-order valence-corrected chi connectivity index (χ4v) is 7.61. The Kier molecular flexibility index (Phi) is 9.80. The number of fused-ring (bicyclic) bond motifs is 2. The van der Waals surface area contributed by atoms with E-state index in [1.54, 1.807) is 21.6 Å². The average molecular weight is 717 g/mol. The van der Waals surface area contributed by atoms with Crippen LogP contribution < -0.4 is 5.32 Å². The number of carboxylic acid groups (broad SMARTS) is 1. The molecule has 11 nitrogen and oxygen atoms in total. The van der Waals surface area contributed by atoms with E-state index in [9.17, 15) is 32.7 Å². The van der Waals surface area contributed by atoms with Gasteiger partial charge in [-0.1, -0.05) is 37.3 Å². The molecule has 3 amide bonds. The average Bonchev–Trinajstić information content (AvgIpc) is 3.91. The molecule has 0 saturated carbocycles. The molecule has 2 fully saturated rings. The molecule has 4 atom stereocenters. The highest BCUT2D eigenvalue weighted by atomic mass is 19.1. The van der Waals surface area contributed by atoms with Crippen molar-refractivity contribution in [2.75, 3.05) is 13.1 Å². The molecule has 0 radical (unpaired) electrons. The van der Waals surface area contributed by atoms with E-state index in [0.29, 0.717) is 59.3 Å². The van der Waals surface area contributed by atoms with Crippen molar-refractivity contribution in [1.82, 2.24) is 29.7 Å². The molecule has 7 rings (SSSR count). The van der Waals surface area contributed by atoms with E-state index < -0.39 is 42.1 Å². The number of carbonyl (C=O) groups is 3. The van der Waals surface area contributed by atoms with Crippen LogP contribution in [-0.2, 0) is 29.1 Å². The van der Waals surface area contributed by atoms with Crippen molar-refractivity contribution in [3.8, 4) is 11.5 Å². The number of imidazole rings is 1. The van der Waals surface area contributed by atoms with Gasteiger partial charge in [0.05, 0.1) is 29.3 Å². The van der Waals surface area contributed by atoms with Crippen molar-refractivity contribution in [3.63, 3.8) is 0 Å². The lowest BCUT2D eigenvalue weighted by Crippen LogP contribution is -2.50. The van der Waals surface area contributed by atoms with Crippen LogP contribution in [0, 0.1) is 11.6 Å². The SMILES string of the molecule is CCC(NC(=O)OCc1ccccc1)C(=O)N1CCCC1Cc1c(-c2nc3cc(F)ccc3n2C[C@@H]2C[C@H](F)CN2C(=O)O)[nH]c2cc(F)ccc12. The van der Waals surface area contributed by atoms with Gasteiger partial charge in [-0.15, -0.1) is 0 Å². The largest absolute Gasteiger partial charge is 0.465 e. The normalized spacial score (nSPS) is 19.4. The van der Waals surface area contributed by atoms with Crippen LogP contribution in [0.2, 0.25) is 0 Å². The predicted octanol–water partition coefficient (Wildman–Crippen LogP) is 6.79. The zero-order chi connectivity index (χ0) is 36.5. The molecule has 0 bridgehead atoms. The molecule has 52 heavy (non-hydrogen) atoms. The summed E-state index contributed by atoms with van der Waals surface area (Å²) in [4.78, 5) is 49.7. The Hall–Kier alpha value is -5.53. The van der Waals surface area contributed by atoms with Crippen LogP contribution in [0.25, 0.3) is 33.5 Å². The minimum Gasteiger partial charge on any atom is -0.465 e. The number of H-pyrrole nitrogens is 1. The molecule has 272 valence electrons. The maximum absolute atomic E-state index is 14.6. The van der Waals surface area contributed by atoms with E-state index in [0.717, 1.165) is 22.4 Å². The fourth-order valence-electron chi connectivity index (χ4n) is 7.61. The molecule has 2 aromatic heterocycles. The van der Waals surface area contributed by atoms with Crippen molar-refractivity contribution in [1.29, 1.82) is 0 Å². The smallest absolute Gasteiger partial charge is 0.408 e. The number of halogens is 3. The van der Waals surface area contributed by atoms with Crippen molar-refractivity contribution in [3.05, 3.63) is 89.5 Å². The Balaban J connectivity index is 1.21. The summed E-state index contributed by atoms with van der Waals surface area (Å²) in [7, 11) is 0. The summed E-state index contributed by atoms with van der Waals surface area (Å²) in [5, 5.41) is 13.2. The summed E-state index contributed by atoms with van der Waals surface area (Å²) < 4.78 is 50.7. The first kappa shape index (κ1) is 34.9. The molecule has 2 unspecified atom stereocenters. The molecule has 2 aliphatic rings. The van der Waals surface area contributed by atoms with Crippen LogP contribution in [0.5, 0.6) is 0 Å². The molecule has 3 N–H and O–H groups in total. The topological polar surface area (TPSA) is 133 Å². The number of amides is 3. The number of rotatable bonds is 10. The van der Waals surface area contributed by atoms with Gasteiger partial charge in [-0.3, -0.25) is 4.79 Å². The molecule has 5 aromatic rings. The molecular weight excluding hydrogens is 677 g/mol. The lowest BCUT2D eigenvalue weighted by atomic mass is 9.99. The molecular formula is C38H39F3N6O5. The van der Waals surface area contributed by atoms with Gasteiger partial charge in [0.15, 0.2) is 5.82 Å². The summed E-state index contributed by atoms with van der Waals surface area (Å²) in [6.07, 6.45) is -1.19. The standard InChI is InChI=1S/C38H39F3N6O5/c1-2-30(44-37(49)52-21-22-7-4-3-5-8-22)36(48)45-14-6-9-26(45)18-29-28-12-10-23(39)16-31(28)42-34(29)35-43-32-17-24(40)11-13-33(32)47(35)20-27-15-25(41)19-46(27)38(50)51/h3-5,7-8,10-13,16-17,25-27,30,42H,2,6,9,14-15,18-21H2,1H3,(H,44,49)(H,50,51)/t25-,26?,27-,30?/m0/s1. The maximum Gasteiger partial charge on any atom is 0.408 e. The molecule has 3 aromatic carbocycles. The molecule has 4 heterocycles. The predicted molar refractivity (Wildman–Crippen MR) is 187 cm³/mol. The van der Waals surface area contributed by atoms with E-state index in [1.807, 2.05) is 37.3 Å². The maximum atomic E-state index is 14.6. The first-order valence-electron chi connectivity index (χ1n) is 17.5. The van der Waals surface area contributed by atoms with Gasteiger partial charge in [0, 0.05) is 42.5 Å². The summed E-state index contributed by atoms with van der Waals surface area (Å²) in [5.74, 6) is -0.867. The highest BCUT2D eigenvalue weighted by Gasteiger charge is 2.38. The van der Waals surface area contributed by atoms with Gasteiger partial charge >= 0.3 is 12.2 Å². The first-order valence-corrected chi connectivity index (χ1v) is 17.5. The van der Waals surface area contributed by atoms with Crippen molar-refractivity contribution in [2.24, 2.45) is 0 Å². The number of nitrogens with one attached hydrogen (secondary N) is 2. The van der Waals surface area contributed by atoms with Crippen LogP contribution >= 0.6 is 0 Å². The van der Waals surface area contributed by atoms with Crippen LogP contribution in [0.4, 0.5) is 22.8 Å². The summed E-state index contributed by atoms with van der Waals surface area (Å²) >= 11 is 0. The summed E-state index contributed by atoms with van der Waals surface area (Å²) in [5.41, 5.74) is 3.38. The number of hydrogen-bond acceptors (Lipinski definition) is 5. The third-order valence-electron chi connectivity index (χ3n) is 10.1. The molecule has 0 spiro atoms. The Morgan fingerprint density at radius 2 is 1.81 bits per heavy atom. The van der Waals surface area contributed by atoms with Gasteiger partial charge < -0.3 is 34.5 Å². The van der Waals surface area contributed by atoms with Gasteiger partial charge in [0.1, 0.15) is 30.5 Å².